The molecule has 0 aliphatic rings. The highest BCUT2D eigenvalue weighted by molar-refractivity contribution is 7.92. The molecule has 3 aromatic carbocycles. The number of benzene rings is 3. The average molecular weight is 616 g/mol. The summed E-state index contributed by atoms with van der Waals surface area (Å²) in [4.78, 5) is 27.4. The van der Waals surface area contributed by atoms with Gasteiger partial charge < -0.3 is 10.2 Å². The third-order valence-electron chi connectivity index (χ3n) is 5.97. The quantitative estimate of drug-likeness (QED) is 0.314. The van der Waals surface area contributed by atoms with Gasteiger partial charge in [0.15, 0.2) is 0 Å². The van der Waals surface area contributed by atoms with Gasteiger partial charge in [0.1, 0.15) is 12.6 Å². The van der Waals surface area contributed by atoms with Gasteiger partial charge in [-0.25, -0.2) is 8.42 Å². The van der Waals surface area contributed by atoms with Crippen molar-refractivity contribution in [3.8, 4) is 0 Å². The van der Waals surface area contributed by atoms with Gasteiger partial charge in [-0.2, -0.15) is 13.2 Å². The standard InChI is InChI=1S/C27H26Cl2F3N3O4S/c1-3-33-26(37)18(2)34(16-19-9-7-8-12-22(19)28)25(36)17-35(40(38,39)21-10-5-4-6-11-21)24-15-20(27(30,31)32)13-14-23(24)29/h4-15,18H,3,16-17H2,1-2H3,(H,33,37). The summed E-state index contributed by atoms with van der Waals surface area (Å²) >= 11 is 12.5. The van der Waals surface area contributed by atoms with Crippen LogP contribution in [-0.2, 0) is 32.3 Å². The normalized spacial score (nSPS) is 12.5. The van der Waals surface area contributed by atoms with Crippen LogP contribution in [0.1, 0.15) is 25.0 Å². The van der Waals surface area contributed by atoms with E-state index in [9.17, 15) is 31.2 Å². The van der Waals surface area contributed by atoms with Crippen molar-refractivity contribution in [1.82, 2.24) is 10.2 Å². The number of anilines is 1. The van der Waals surface area contributed by atoms with E-state index in [4.69, 9.17) is 23.2 Å². The molecule has 40 heavy (non-hydrogen) atoms. The summed E-state index contributed by atoms with van der Waals surface area (Å²) in [7, 11) is -4.60. The molecule has 0 aliphatic heterocycles. The van der Waals surface area contributed by atoms with E-state index in [1.54, 1.807) is 37.3 Å². The predicted molar refractivity (Wildman–Crippen MR) is 148 cm³/mol. The van der Waals surface area contributed by atoms with Crippen molar-refractivity contribution in [2.24, 2.45) is 0 Å². The number of nitrogens with one attached hydrogen (secondary N) is 1. The summed E-state index contributed by atoms with van der Waals surface area (Å²) in [5.41, 5.74) is -1.23. The van der Waals surface area contributed by atoms with Crippen molar-refractivity contribution >= 4 is 50.7 Å². The summed E-state index contributed by atoms with van der Waals surface area (Å²) in [5.74, 6) is -1.39. The first kappa shape index (κ1) is 31.3. The number of likely N-dealkylation sites (N-methyl/N-ethyl adjacent to an activating group) is 1. The lowest BCUT2D eigenvalue weighted by atomic mass is 10.1. The van der Waals surface area contributed by atoms with Crippen molar-refractivity contribution in [1.29, 1.82) is 0 Å². The number of hydrogen-bond acceptors (Lipinski definition) is 4. The maximum atomic E-state index is 13.8. The number of hydrogen-bond donors (Lipinski definition) is 1. The second-order valence-corrected chi connectivity index (χ2v) is 11.3. The summed E-state index contributed by atoms with van der Waals surface area (Å²) in [6, 6.07) is 14.6. The Kier molecular flexibility index (Phi) is 10.1. The first-order valence-electron chi connectivity index (χ1n) is 12.0. The van der Waals surface area contributed by atoms with Crippen molar-refractivity contribution < 1.29 is 31.2 Å². The second kappa shape index (κ2) is 12.9. The maximum Gasteiger partial charge on any atom is 0.416 e. The van der Waals surface area contributed by atoms with Crippen LogP contribution in [0.5, 0.6) is 0 Å². The van der Waals surface area contributed by atoms with Gasteiger partial charge in [-0.05, 0) is 55.8 Å². The number of carbonyl (C=O) groups is 2. The zero-order chi connectivity index (χ0) is 29.7. The third kappa shape index (κ3) is 7.26. The van der Waals surface area contributed by atoms with Crippen molar-refractivity contribution in [3.63, 3.8) is 0 Å². The molecule has 0 bridgehead atoms. The Morgan fingerprint density at radius 1 is 0.950 bits per heavy atom. The van der Waals surface area contributed by atoms with Crippen molar-refractivity contribution in [2.75, 3.05) is 17.4 Å². The van der Waals surface area contributed by atoms with Crippen LogP contribution >= 0.6 is 23.2 Å². The van der Waals surface area contributed by atoms with E-state index >= 15 is 0 Å². The molecule has 0 saturated heterocycles. The zero-order valence-corrected chi connectivity index (χ0v) is 23.8. The molecule has 1 N–H and O–H groups in total. The third-order valence-corrected chi connectivity index (χ3v) is 8.43. The number of alkyl halides is 3. The molecule has 0 radical (unpaired) electrons. The SMILES string of the molecule is CCNC(=O)C(C)N(Cc1ccccc1Cl)C(=O)CN(c1cc(C(F)(F)F)ccc1Cl)S(=O)(=O)c1ccccc1. The Morgan fingerprint density at radius 2 is 1.57 bits per heavy atom. The van der Waals surface area contributed by atoms with Crippen molar-refractivity contribution in [3.05, 3.63) is 94.0 Å². The summed E-state index contributed by atoms with van der Waals surface area (Å²) < 4.78 is 68.7. The van der Waals surface area contributed by atoms with Crippen LogP contribution in [0.25, 0.3) is 0 Å². The second-order valence-electron chi connectivity index (χ2n) is 8.67. The summed E-state index contributed by atoms with van der Waals surface area (Å²) in [5, 5.41) is 2.59. The summed E-state index contributed by atoms with van der Waals surface area (Å²) in [6.45, 7) is 2.28. The lowest BCUT2D eigenvalue weighted by Crippen LogP contribution is -2.51. The molecule has 1 atom stereocenters. The minimum Gasteiger partial charge on any atom is -0.355 e. The fraction of sp³-hybridized carbons (Fsp3) is 0.259. The zero-order valence-electron chi connectivity index (χ0n) is 21.5. The topological polar surface area (TPSA) is 86.8 Å². The predicted octanol–water partition coefficient (Wildman–Crippen LogP) is 5.76. The number of sulfonamides is 1. The lowest BCUT2D eigenvalue weighted by molar-refractivity contribution is -0.139. The molecule has 0 aromatic heterocycles. The Morgan fingerprint density at radius 3 is 2.17 bits per heavy atom. The first-order valence-corrected chi connectivity index (χ1v) is 14.2. The molecule has 2 amide bonds. The van der Waals surface area contributed by atoms with Gasteiger partial charge >= 0.3 is 6.18 Å². The molecular weight excluding hydrogens is 590 g/mol. The minimum atomic E-state index is -4.81. The molecule has 7 nitrogen and oxygen atoms in total. The van der Waals surface area contributed by atoms with Gasteiger partial charge in [0.25, 0.3) is 10.0 Å². The molecule has 0 saturated carbocycles. The molecule has 13 heteroatoms. The average Bonchev–Trinajstić information content (AvgIpc) is 2.91. The lowest BCUT2D eigenvalue weighted by Gasteiger charge is -2.32. The van der Waals surface area contributed by atoms with Crippen LogP contribution < -0.4 is 9.62 Å². The van der Waals surface area contributed by atoms with Gasteiger partial charge in [0, 0.05) is 18.1 Å². The van der Waals surface area contributed by atoms with Crippen LogP contribution in [0.15, 0.2) is 77.7 Å². The fourth-order valence-electron chi connectivity index (χ4n) is 3.83. The van der Waals surface area contributed by atoms with E-state index in [2.05, 4.69) is 5.32 Å². The van der Waals surface area contributed by atoms with E-state index in [0.717, 1.165) is 11.0 Å². The van der Waals surface area contributed by atoms with Crippen LogP contribution in [0, 0.1) is 0 Å². The van der Waals surface area contributed by atoms with Gasteiger partial charge in [-0.3, -0.25) is 13.9 Å². The van der Waals surface area contributed by atoms with Crippen LogP contribution in [0.3, 0.4) is 0 Å². The van der Waals surface area contributed by atoms with Crippen molar-refractivity contribution in [2.45, 2.75) is 37.5 Å². The highest BCUT2D eigenvalue weighted by atomic mass is 35.5. The fourth-order valence-corrected chi connectivity index (χ4v) is 5.74. The number of amides is 2. The molecule has 1 unspecified atom stereocenters. The number of carbonyl (C=O) groups excluding carboxylic acids is 2. The Labute approximate surface area is 240 Å². The Balaban J connectivity index is 2.14. The van der Waals surface area contributed by atoms with Gasteiger partial charge in [-0.15, -0.1) is 0 Å². The maximum absolute atomic E-state index is 13.8. The van der Waals surface area contributed by atoms with Gasteiger partial charge in [0.2, 0.25) is 11.8 Å². The molecule has 3 rings (SSSR count). The van der Waals surface area contributed by atoms with Crippen LogP contribution in [0.4, 0.5) is 18.9 Å². The number of halogens is 5. The van der Waals surface area contributed by atoms with Gasteiger partial charge in [0.05, 0.1) is 21.2 Å². The van der Waals surface area contributed by atoms with Gasteiger partial charge in [-0.1, -0.05) is 59.6 Å². The highest BCUT2D eigenvalue weighted by Gasteiger charge is 2.36. The largest absolute Gasteiger partial charge is 0.416 e. The molecule has 214 valence electrons. The van der Waals surface area contributed by atoms with Crippen LogP contribution in [-0.4, -0.2) is 44.3 Å². The molecule has 0 fully saturated rings. The van der Waals surface area contributed by atoms with E-state index in [1.165, 1.54) is 31.2 Å². The minimum absolute atomic E-state index is 0.174. The monoisotopic (exact) mass is 615 g/mol. The molecule has 0 spiro atoms. The van der Waals surface area contributed by atoms with E-state index in [-0.39, 0.29) is 23.0 Å². The molecular formula is C27H26Cl2F3N3O4S. The Hall–Kier alpha value is -3.28. The first-order chi connectivity index (χ1) is 18.8. The molecule has 0 heterocycles. The number of nitrogens with zero attached hydrogens (tertiary/aromatic N) is 2. The smallest absolute Gasteiger partial charge is 0.355 e. The van der Waals surface area contributed by atoms with E-state index in [0.29, 0.717) is 27.0 Å². The summed E-state index contributed by atoms with van der Waals surface area (Å²) in [6.07, 6.45) is -4.81. The number of rotatable bonds is 10. The van der Waals surface area contributed by atoms with Crippen LogP contribution in [0.2, 0.25) is 10.0 Å². The molecule has 0 aliphatic carbocycles. The molecule has 3 aromatic rings. The Bertz CT molecular complexity index is 1470. The van der Waals surface area contributed by atoms with E-state index < -0.39 is 51.9 Å². The highest BCUT2D eigenvalue weighted by Crippen LogP contribution is 2.37. The van der Waals surface area contributed by atoms with E-state index in [1.807, 2.05) is 0 Å².